The molecule has 2 unspecified atom stereocenters. The molecule has 1 amide bonds. The number of amides is 1. The van der Waals surface area contributed by atoms with E-state index in [1.165, 1.54) is 0 Å². The third-order valence-corrected chi connectivity index (χ3v) is 3.79. The Hall–Kier alpha value is -2.04. The van der Waals surface area contributed by atoms with Crippen LogP contribution in [0, 0.1) is 17.3 Å². The molecule has 0 aromatic heterocycles. The molecule has 0 heterocycles. The highest BCUT2D eigenvalue weighted by atomic mass is 16.5. The molecule has 1 aliphatic rings. The molecule has 2 rings (SSSR count). The summed E-state index contributed by atoms with van der Waals surface area (Å²) in [4.78, 5) is 23.2. The number of ether oxygens (including phenoxy) is 1. The van der Waals surface area contributed by atoms with E-state index in [2.05, 4.69) is 5.32 Å². The number of benzene rings is 1. The van der Waals surface area contributed by atoms with Crippen LogP contribution in [0.2, 0.25) is 0 Å². The van der Waals surface area contributed by atoms with Gasteiger partial charge in [0.05, 0.1) is 18.4 Å². The first-order valence-electron chi connectivity index (χ1n) is 6.64. The molecule has 1 saturated carbocycles. The molecule has 0 aliphatic heterocycles. The van der Waals surface area contributed by atoms with Gasteiger partial charge in [-0.2, -0.15) is 0 Å². The fourth-order valence-corrected chi connectivity index (χ4v) is 2.64. The summed E-state index contributed by atoms with van der Waals surface area (Å²) in [7, 11) is 0. The second-order valence-corrected chi connectivity index (χ2v) is 5.57. The molecule has 1 aromatic carbocycles. The van der Waals surface area contributed by atoms with Gasteiger partial charge in [-0.15, -0.1) is 0 Å². The molecular formula is C15H19NO4. The zero-order valence-corrected chi connectivity index (χ0v) is 11.8. The van der Waals surface area contributed by atoms with Crippen molar-refractivity contribution in [3.63, 3.8) is 0 Å². The number of rotatable bonds is 5. The molecule has 108 valence electrons. The zero-order chi connectivity index (χ0) is 14.9. The lowest BCUT2D eigenvalue weighted by molar-refractivity contribution is -0.140. The summed E-state index contributed by atoms with van der Waals surface area (Å²) in [5.74, 6) is -1.60. The first kappa shape index (κ1) is 14.4. The Labute approximate surface area is 117 Å². The van der Waals surface area contributed by atoms with Gasteiger partial charge in [-0.1, -0.05) is 19.9 Å². The van der Waals surface area contributed by atoms with E-state index in [0.29, 0.717) is 18.0 Å². The number of hydrogen-bond acceptors (Lipinski definition) is 3. The summed E-state index contributed by atoms with van der Waals surface area (Å²) in [6, 6.07) is 7.08. The van der Waals surface area contributed by atoms with Crippen molar-refractivity contribution < 1.29 is 19.4 Å². The minimum Gasteiger partial charge on any atom is -0.494 e. The van der Waals surface area contributed by atoms with Crippen molar-refractivity contribution >= 4 is 17.6 Å². The Morgan fingerprint density at radius 2 is 2.05 bits per heavy atom. The number of nitrogens with one attached hydrogen (secondary N) is 1. The van der Waals surface area contributed by atoms with E-state index in [4.69, 9.17) is 9.84 Å². The number of carboxylic acid groups (broad SMARTS) is 1. The summed E-state index contributed by atoms with van der Waals surface area (Å²) in [6.45, 7) is 6.03. The van der Waals surface area contributed by atoms with Crippen LogP contribution >= 0.6 is 0 Å². The van der Waals surface area contributed by atoms with Crippen LogP contribution in [0.3, 0.4) is 0 Å². The average Bonchev–Trinajstić information content (AvgIpc) is 2.93. The van der Waals surface area contributed by atoms with E-state index in [1.54, 1.807) is 38.1 Å². The van der Waals surface area contributed by atoms with Crippen molar-refractivity contribution in [2.24, 2.45) is 17.3 Å². The third kappa shape index (κ3) is 2.61. The van der Waals surface area contributed by atoms with Gasteiger partial charge >= 0.3 is 5.97 Å². The first-order valence-corrected chi connectivity index (χ1v) is 6.64. The Kier molecular flexibility index (Phi) is 3.70. The second kappa shape index (κ2) is 5.15. The van der Waals surface area contributed by atoms with Crippen LogP contribution in [0.25, 0.3) is 0 Å². The highest BCUT2D eigenvalue weighted by molar-refractivity contribution is 5.99. The van der Waals surface area contributed by atoms with Crippen molar-refractivity contribution in [1.29, 1.82) is 0 Å². The van der Waals surface area contributed by atoms with Gasteiger partial charge in [0, 0.05) is 11.8 Å². The van der Waals surface area contributed by atoms with E-state index < -0.39 is 23.2 Å². The lowest BCUT2D eigenvalue weighted by Gasteiger charge is -2.08. The second-order valence-electron chi connectivity index (χ2n) is 5.57. The van der Waals surface area contributed by atoms with Gasteiger partial charge in [0.1, 0.15) is 5.75 Å². The summed E-state index contributed by atoms with van der Waals surface area (Å²) < 4.78 is 5.36. The minimum absolute atomic E-state index is 0.254. The van der Waals surface area contributed by atoms with Crippen LogP contribution in [0.5, 0.6) is 5.75 Å². The highest BCUT2D eigenvalue weighted by Crippen LogP contribution is 2.58. The number of carbonyl (C=O) groups excluding carboxylic acids is 1. The van der Waals surface area contributed by atoms with Crippen LogP contribution < -0.4 is 10.1 Å². The highest BCUT2D eigenvalue weighted by Gasteiger charge is 2.65. The molecule has 1 aliphatic carbocycles. The standard InChI is InChI=1S/C15H19NO4/c1-4-20-10-7-5-6-9(8-10)16-13(17)11-12(14(18)19)15(11,2)3/h5-8,11-12H,4H2,1-3H3,(H,16,17)(H,18,19). The quantitative estimate of drug-likeness (QED) is 0.866. The SMILES string of the molecule is CCOc1cccc(NC(=O)C2C(C(=O)O)C2(C)C)c1. The summed E-state index contributed by atoms with van der Waals surface area (Å²) in [6.07, 6.45) is 0. The van der Waals surface area contributed by atoms with Gasteiger partial charge in [-0.05, 0) is 24.5 Å². The maximum atomic E-state index is 12.2. The molecule has 2 N–H and O–H groups in total. The number of aliphatic carboxylic acids is 1. The molecule has 0 saturated heterocycles. The fraction of sp³-hybridized carbons (Fsp3) is 0.467. The molecule has 2 atom stereocenters. The largest absolute Gasteiger partial charge is 0.494 e. The Bertz CT molecular complexity index is 538. The van der Waals surface area contributed by atoms with Gasteiger partial charge in [-0.25, -0.2) is 0 Å². The van der Waals surface area contributed by atoms with Gasteiger partial charge < -0.3 is 15.2 Å². The van der Waals surface area contributed by atoms with Crippen molar-refractivity contribution in [1.82, 2.24) is 0 Å². The van der Waals surface area contributed by atoms with E-state index in [-0.39, 0.29) is 5.91 Å². The van der Waals surface area contributed by atoms with Crippen molar-refractivity contribution in [3.05, 3.63) is 24.3 Å². The summed E-state index contributed by atoms with van der Waals surface area (Å²) >= 11 is 0. The van der Waals surface area contributed by atoms with Crippen LogP contribution in [0.1, 0.15) is 20.8 Å². The predicted molar refractivity (Wildman–Crippen MR) is 74.6 cm³/mol. The molecule has 20 heavy (non-hydrogen) atoms. The van der Waals surface area contributed by atoms with E-state index in [1.807, 2.05) is 6.92 Å². The monoisotopic (exact) mass is 277 g/mol. The van der Waals surface area contributed by atoms with Crippen LogP contribution in [-0.4, -0.2) is 23.6 Å². The molecule has 1 aromatic rings. The van der Waals surface area contributed by atoms with E-state index >= 15 is 0 Å². The average molecular weight is 277 g/mol. The van der Waals surface area contributed by atoms with Crippen LogP contribution in [0.15, 0.2) is 24.3 Å². The molecule has 0 radical (unpaired) electrons. The fourth-order valence-electron chi connectivity index (χ4n) is 2.64. The van der Waals surface area contributed by atoms with Gasteiger partial charge in [-0.3, -0.25) is 9.59 Å². The maximum absolute atomic E-state index is 12.2. The van der Waals surface area contributed by atoms with Gasteiger partial charge in [0.25, 0.3) is 0 Å². The van der Waals surface area contributed by atoms with E-state index in [9.17, 15) is 9.59 Å². The predicted octanol–water partition coefficient (Wildman–Crippen LogP) is 2.38. The molecule has 5 nitrogen and oxygen atoms in total. The lowest BCUT2D eigenvalue weighted by atomic mass is 10.1. The number of carboxylic acids is 1. The van der Waals surface area contributed by atoms with Crippen molar-refractivity contribution in [2.45, 2.75) is 20.8 Å². The Morgan fingerprint density at radius 3 is 2.60 bits per heavy atom. The summed E-state index contributed by atoms with van der Waals surface area (Å²) in [5.41, 5.74) is 0.126. The molecular weight excluding hydrogens is 258 g/mol. The smallest absolute Gasteiger partial charge is 0.307 e. The topological polar surface area (TPSA) is 75.6 Å². The number of anilines is 1. The number of hydrogen-bond donors (Lipinski definition) is 2. The zero-order valence-electron chi connectivity index (χ0n) is 11.8. The van der Waals surface area contributed by atoms with Crippen LogP contribution in [0.4, 0.5) is 5.69 Å². The Morgan fingerprint density at radius 1 is 1.35 bits per heavy atom. The maximum Gasteiger partial charge on any atom is 0.307 e. The van der Waals surface area contributed by atoms with E-state index in [0.717, 1.165) is 0 Å². The number of carbonyl (C=O) groups is 2. The minimum atomic E-state index is -0.918. The lowest BCUT2D eigenvalue weighted by Crippen LogP contribution is -2.17. The molecule has 0 bridgehead atoms. The summed E-state index contributed by atoms with van der Waals surface area (Å²) in [5, 5.41) is 11.8. The molecule has 1 fully saturated rings. The van der Waals surface area contributed by atoms with Crippen molar-refractivity contribution in [3.8, 4) is 5.75 Å². The normalized spacial score (nSPS) is 22.9. The van der Waals surface area contributed by atoms with Gasteiger partial charge in [0.2, 0.25) is 5.91 Å². The first-order chi connectivity index (χ1) is 9.37. The molecule has 5 heteroatoms. The van der Waals surface area contributed by atoms with Gasteiger partial charge in [0.15, 0.2) is 0 Å². The Balaban J connectivity index is 2.06. The molecule has 0 spiro atoms. The van der Waals surface area contributed by atoms with Crippen LogP contribution in [-0.2, 0) is 9.59 Å². The third-order valence-electron chi connectivity index (χ3n) is 3.79. The van der Waals surface area contributed by atoms with Crippen molar-refractivity contribution in [2.75, 3.05) is 11.9 Å².